The second-order valence-electron chi connectivity index (χ2n) is 7.18. The molecule has 0 saturated heterocycles. The molecule has 3 aromatic rings. The van der Waals surface area contributed by atoms with Crippen molar-refractivity contribution in [3.63, 3.8) is 0 Å². The van der Waals surface area contributed by atoms with Crippen molar-refractivity contribution < 1.29 is 9.59 Å². The summed E-state index contributed by atoms with van der Waals surface area (Å²) >= 11 is 5.16. The Labute approximate surface area is 182 Å². The highest BCUT2D eigenvalue weighted by molar-refractivity contribution is 9.10. The molecule has 0 spiro atoms. The number of nitrogens with one attached hydrogen (secondary N) is 1. The highest BCUT2D eigenvalue weighted by atomic mass is 79.9. The molecule has 4 rings (SSSR count). The third-order valence-corrected chi connectivity index (χ3v) is 6.76. The van der Waals surface area contributed by atoms with E-state index in [9.17, 15) is 9.59 Å². The number of rotatable bonds is 4. The number of amides is 2. The number of thiophene rings is 1. The Morgan fingerprint density at radius 1 is 1.14 bits per heavy atom. The minimum atomic E-state index is -0.0964. The standard InChI is InChI=1S/C23H21BrN2O2S/c1-15-19(23(28)26-11-9-21-17(14-26)10-12-29-21)3-2-4-20(15)25-22(27)13-16-5-7-18(24)8-6-16/h2-8,10,12H,9,11,13-14H2,1H3,(H,25,27). The Hall–Kier alpha value is -2.44. The smallest absolute Gasteiger partial charge is 0.254 e. The van der Waals surface area contributed by atoms with Crippen LogP contribution in [0.25, 0.3) is 0 Å². The number of hydrogen-bond donors (Lipinski definition) is 1. The number of fused-ring (bicyclic) bond motifs is 1. The first kappa shape index (κ1) is 19.9. The number of carbonyl (C=O) groups excluding carboxylic acids is 2. The topological polar surface area (TPSA) is 49.4 Å². The second kappa shape index (κ2) is 8.51. The largest absolute Gasteiger partial charge is 0.334 e. The molecule has 1 aliphatic heterocycles. The van der Waals surface area contributed by atoms with Gasteiger partial charge in [-0.15, -0.1) is 11.3 Å². The Bertz CT molecular complexity index is 1060. The molecule has 0 atom stereocenters. The lowest BCUT2D eigenvalue weighted by molar-refractivity contribution is -0.115. The summed E-state index contributed by atoms with van der Waals surface area (Å²) in [5, 5.41) is 5.05. The molecule has 0 unspecified atom stereocenters. The molecule has 0 fully saturated rings. The number of halogens is 1. The van der Waals surface area contributed by atoms with Gasteiger partial charge in [0.15, 0.2) is 0 Å². The van der Waals surface area contributed by atoms with Gasteiger partial charge in [0.25, 0.3) is 5.91 Å². The van der Waals surface area contributed by atoms with Crippen LogP contribution in [-0.4, -0.2) is 23.3 Å². The van der Waals surface area contributed by atoms with Crippen molar-refractivity contribution in [2.45, 2.75) is 26.3 Å². The van der Waals surface area contributed by atoms with Crippen molar-refractivity contribution >= 4 is 44.8 Å². The van der Waals surface area contributed by atoms with Gasteiger partial charge < -0.3 is 10.2 Å². The highest BCUT2D eigenvalue weighted by Crippen LogP contribution is 2.27. The molecule has 1 aliphatic rings. The average Bonchev–Trinajstić information content (AvgIpc) is 3.18. The van der Waals surface area contributed by atoms with Gasteiger partial charge in [-0.3, -0.25) is 9.59 Å². The van der Waals surface area contributed by atoms with Crippen molar-refractivity contribution in [1.82, 2.24) is 4.90 Å². The van der Waals surface area contributed by atoms with Crippen LogP contribution in [0.2, 0.25) is 0 Å². The zero-order chi connectivity index (χ0) is 20.4. The predicted octanol–water partition coefficient (Wildman–Crippen LogP) is 5.20. The van der Waals surface area contributed by atoms with Crippen LogP contribution < -0.4 is 5.32 Å². The molecule has 1 N–H and O–H groups in total. The molecule has 4 nitrogen and oxygen atoms in total. The van der Waals surface area contributed by atoms with Crippen molar-refractivity contribution in [2.75, 3.05) is 11.9 Å². The molecule has 2 heterocycles. The minimum absolute atomic E-state index is 0.0170. The number of carbonyl (C=O) groups is 2. The van der Waals surface area contributed by atoms with Crippen LogP contribution in [0.3, 0.4) is 0 Å². The Kier molecular flexibility index (Phi) is 5.83. The van der Waals surface area contributed by atoms with Crippen molar-refractivity contribution in [3.05, 3.63) is 85.5 Å². The maximum Gasteiger partial charge on any atom is 0.254 e. The average molecular weight is 469 g/mol. The number of hydrogen-bond acceptors (Lipinski definition) is 3. The molecule has 2 aromatic carbocycles. The van der Waals surface area contributed by atoms with Gasteiger partial charge in [-0.2, -0.15) is 0 Å². The van der Waals surface area contributed by atoms with Gasteiger partial charge in [0, 0.05) is 33.7 Å². The fourth-order valence-electron chi connectivity index (χ4n) is 3.58. The molecule has 0 radical (unpaired) electrons. The van der Waals surface area contributed by atoms with E-state index in [0.29, 0.717) is 17.8 Å². The van der Waals surface area contributed by atoms with E-state index < -0.39 is 0 Å². The lowest BCUT2D eigenvalue weighted by Crippen LogP contribution is -2.35. The molecule has 29 heavy (non-hydrogen) atoms. The summed E-state index contributed by atoms with van der Waals surface area (Å²) in [7, 11) is 0. The predicted molar refractivity (Wildman–Crippen MR) is 120 cm³/mol. The van der Waals surface area contributed by atoms with E-state index in [-0.39, 0.29) is 18.2 Å². The summed E-state index contributed by atoms with van der Waals surface area (Å²) in [4.78, 5) is 28.9. The van der Waals surface area contributed by atoms with E-state index in [4.69, 9.17) is 0 Å². The Morgan fingerprint density at radius 3 is 2.72 bits per heavy atom. The van der Waals surface area contributed by atoms with Crippen LogP contribution in [0, 0.1) is 6.92 Å². The summed E-state index contributed by atoms with van der Waals surface area (Å²) in [6.07, 6.45) is 1.19. The highest BCUT2D eigenvalue weighted by Gasteiger charge is 2.24. The first-order chi connectivity index (χ1) is 14.0. The van der Waals surface area contributed by atoms with Crippen molar-refractivity contribution in [1.29, 1.82) is 0 Å². The number of nitrogens with zero attached hydrogens (tertiary/aromatic N) is 1. The second-order valence-corrected chi connectivity index (χ2v) is 9.09. The molecular formula is C23H21BrN2O2S. The van der Waals surface area contributed by atoms with E-state index in [2.05, 4.69) is 32.7 Å². The van der Waals surface area contributed by atoms with Crippen LogP contribution in [0.1, 0.15) is 31.9 Å². The number of anilines is 1. The maximum atomic E-state index is 13.1. The van der Waals surface area contributed by atoms with Gasteiger partial charge in [0.2, 0.25) is 5.91 Å². The minimum Gasteiger partial charge on any atom is -0.334 e. The zero-order valence-electron chi connectivity index (χ0n) is 16.1. The first-order valence-corrected chi connectivity index (χ1v) is 11.2. The molecule has 1 aromatic heterocycles. The molecule has 6 heteroatoms. The summed E-state index contributed by atoms with van der Waals surface area (Å²) in [6.45, 7) is 3.27. The van der Waals surface area contributed by atoms with Crippen molar-refractivity contribution in [2.24, 2.45) is 0 Å². The van der Waals surface area contributed by atoms with Gasteiger partial charge >= 0.3 is 0 Å². The van der Waals surface area contributed by atoms with Gasteiger partial charge in [-0.25, -0.2) is 0 Å². The lowest BCUT2D eigenvalue weighted by atomic mass is 10.0. The molecular weight excluding hydrogens is 448 g/mol. The third kappa shape index (κ3) is 4.43. The fourth-order valence-corrected chi connectivity index (χ4v) is 4.73. The Balaban J connectivity index is 1.47. The lowest BCUT2D eigenvalue weighted by Gasteiger charge is -2.28. The molecule has 0 saturated carbocycles. The Morgan fingerprint density at radius 2 is 1.93 bits per heavy atom. The quantitative estimate of drug-likeness (QED) is 0.571. The van der Waals surface area contributed by atoms with Gasteiger partial charge in [0.05, 0.1) is 6.42 Å². The van der Waals surface area contributed by atoms with E-state index in [1.54, 1.807) is 11.3 Å². The van der Waals surface area contributed by atoms with Crippen LogP contribution >= 0.6 is 27.3 Å². The zero-order valence-corrected chi connectivity index (χ0v) is 18.5. The van der Waals surface area contributed by atoms with Crippen LogP contribution in [0.4, 0.5) is 5.69 Å². The molecule has 0 aliphatic carbocycles. The first-order valence-electron chi connectivity index (χ1n) is 9.49. The van der Waals surface area contributed by atoms with Gasteiger partial charge in [0.1, 0.15) is 0 Å². The summed E-state index contributed by atoms with van der Waals surface area (Å²) < 4.78 is 0.982. The van der Waals surface area contributed by atoms with Crippen molar-refractivity contribution in [3.8, 4) is 0 Å². The van der Waals surface area contributed by atoms with Gasteiger partial charge in [-0.05, 0) is 65.7 Å². The number of benzene rings is 2. The SMILES string of the molecule is Cc1c(NC(=O)Cc2ccc(Br)cc2)cccc1C(=O)N1CCc2sccc2C1. The normalized spacial score (nSPS) is 13.1. The van der Waals surface area contributed by atoms with E-state index in [1.807, 2.05) is 54.3 Å². The monoisotopic (exact) mass is 468 g/mol. The molecule has 2 amide bonds. The third-order valence-electron chi connectivity index (χ3n) is 5.21. The fraction of sp³-hybridized carbons (Fsp3) is 0.217. The molecule has 0 bridgehead atoms. The molecule has 148 valence electrons. The van der Waals surface area contributed by atoms with Crippen LogP contribution in [0.5, 0.6) is 0 Å². The maximum absolute atomic E-state index is 13.1. The summed E-state index contributed by atoms with van der Waals surface area (Å²) in [5.41, 5.74) is 4.32. The van der Waals surface area contributed by atoms with E-state index in [0.717, 1.165) is 28.6 Å². The van der Waals surface area contributed by atoms with E-state index >= 15 is 0 Å². The van der Waals surface area contributed by atoms with Gasteiger partial charge in [-0.1, -0.05) is 34.1 Å². The van der Waals surface area contributed by atoms with Crippen LogP contribution in [-0.2, 0) is 24.2 Å². The summed E-state index contributed by atoms with van der Waals surface area (Å²) in [5.74, 6) is -0.0794. The van der Waals surface area contributed by atoms with Crippen LogP contribution in [0.15, 0.2) is 58.4 Å². The van der Waals surface area contributed by atoms with E-state index in [1.165, 1.54) is 10.4 Å². The summed E-state index contributed by atoms with van der Waals surface area (Å²) in [6, 6.07) is 15.3.